The molecule has 14 heavy (non-hydrogen) atoms. The summed E-state index contributed by atoms with van der Waals surface area (Å²) in [6.45, 7) is 11.9. The van der Waals surface area contributed by atoms with E-state index in [1.807, 2.05) is 0 Å². The van der Waals surface area contributed by atoms with Gasteiger partial charge in [-0.3, -0.25) is 4.90 Å². The monoisotopic (exact) mass is 202 g/mol. The molecule has 1 saturated heterocycles. The summed E-state index contributed by atoms with van der Waals surface area (Å²) in [6.07, 6.45) is -0.725. The van der Waals surface area contributed by atoms with E-state index in [-0.39, 0.29) is 11.6 Å². The van der Waals surface area contributed by atoms with Gasteiger partial charge in [-0.25, -0.2) is 4.39 Å². The first-order valence-electron chi connectivity index (χ1n) is 5.45. The normalized spacial score (nSPS) is 30.2. The van der Waals surface area contributed by atoms with E-state index in [2.05, 4.69) is 44.8 Å². The topological polar surface area (TPSA) is 15.3 Å². The molecule has 0 radical (unpaired) electrons. The van der Waals surface area contributed by atoms with Crippen LogP contribution < -0.4 is 5.32 Å². The fourth-order valence-electron chi connectivity index (χ4n) is 1.91. The van der Waals surface area contributed by atoms with Crippen LogP contribution in [0.1, 0.15) is 34.6 Å². The molecule has 0 aromatic heterocycles. The third-order valence-corrected chi connectivity index (χ3v) is 2.63. The minimum Gasteiger partial charge on any atom is -0.305 e. The summed E-state index contributed by atoms with van der Waals surface area (Å²) in [5.74, 6) is 0. The molecule has 0 bridgehead atoms. The average Bonchev–Trinajstić information content (AvgIpc) is 2.29. The maximum Gasteiger partial charge on any atom is 0.129 e. The number of halogens is 1. The Morgan fingerprint density at radius 2 is 1.86 bits per heavy atom. The summed E-state index contributed by atoms with van der Waals surface area (Å²) in [4.78, 5) is 2.19. The van der Waals surface area contributed by atoms with E-state index >= 15 is 0 Å². The Hall–Kier alpha value is -0.150. The number of rotatable bonds is 2. The van der Waals surface area contributed by atoms with Gasteiger partial charge in [0.1, 0.15) is 6.17 Å². The number of alkyl halides is 1. The van der Waals surface area contributed by atoms with Crippen molar-refractivity contribution in [1.82, 2.24) is 10.2 Å². The summed E-state index contributed by atoms with van der Waals surface area (Å²) in [6, 6.07) is 0.442. The van der Waals surface area contributed by atoms with Crippen LogP contribution in [0.25, 0.3) is 0 Å². The van der Waals surface area contributed by atoms with Crippen molar-refractivity contribution < 1.29 is 4.39 Å². The van der Waals surface area contributed by atoms with E-state index < -0.39 is 6.17 Å². The van der Waals surface area contributed by atoms with Crippen molar-refractivity contribution in [3.8, 4) is 0 Å². The van der Waals surface area contributed by atoms with Gasteiger partial charge in [-0.1, -0.05) is 0 Å². The van der Waals surface area contributed by atoms with Gasteiger partial charge < -0.3 is 5.32 Å². The number of likely N-dealkylation sites (tertiary alicyclic amines) is 1. The van der Waals surface area contributed by atoms with Gasteiger partial charge in [0.2, 0.25) is 0 Å². The van der Waals surface area contributed by atoms with Crippen LogP contribution in [0, 0.1) is 0 Å². The van der Waals surface area contributed by atoms with Crippen LogP contribution in [0.5, 0.6) is 0 Å². The molecule has 0 aromatic rings. The first kappa shape index (κ1) is 11.9. The van der Waals surface area contributed by atoms with E-state index in [9.17, 15) is 4.39 Å². The minimum atomic E-state index is -0.725. The predicted octanol–water partition coefficient (Wildman–Crippen LogP) is 1.81. The molecule has 2 nitrogen and oxygen atoms in total. The van der Waals surface area contributed by atoms with E-state index in [0.29, 0.717) is 12.6 Å². The molecule has 0 aliphatic carbocycles. The maximum atomic E-state index is 13.6. The highest BCUT2D eigenvalue weighted by Gasteiger charge is 2.35. The van der Waals surface area contributed by atoms with Crippen LogP contribution in [-0.4, -0.2) is 41.8 Å². The van der Waals surface area contributed by atoms with Gasteiger partial charge in [0.25, 0.3) is 0 Å². The van der Waals surface area contributed by atoms with Crippen LogP contribution in [0.15, 0.2) is 0 Å². The molecule has 1 N–H and O–H groups in total. The van der Waals surface area contributed by atoms with Crippen molar-refractivity contribution in [3.05, 3.63) is 0 Å². The molecule has 1 rings (SSSR count). The molecule has 1 aliphatic rings. The van der Waals surface area contributed by atoms with Crippen molar-refractivity contribution in [2.45, 2.75) is 58.4 Å². The van der Waals surface area contributed by atoms with Gasteiger partial charge in [0.15, 0.2) is 0 Å². The van der Waals surface area contributed by atoms with Gasteiger partial charge in [-0.2, -0.15) is 0 Å². The molecule has 3 heteroatoms. The molecule has 0 aromatic carbocycles. The van der Waals surface area contributed by atoms with E-state index in [0.717, 1.165) is 6.54 Å². The third-order valence-electron chi connectivity index (χ3n) is 2.63. The lowest BCUT2D eigenvalue weighted by Crippen LogP contribution is -2.48. The second kappa shape index (κ2) is 4.15. The lowest BCUT2D eigenvalue weighted by molar-refractivity contribution is 0.243. The third kappa shape index (κ3) is 3.21. The van der Waals surface area contributed by atoms with Gasteiger partial charge in [0.05, 0.1) is 6.04 Å². The maximum absolute atomic E-state index is 13.6. The summed E-state index contributed by atoms with van der Waals surface area (Å²) >= 11 is 0. The number of nitrogens with zero attached hydrogens (tertiary/aromatic N) is 1. The lowest BCUT2D eigenvalue weighted by Gasteiger charge is -2.27. The van der Waals surface area contributed by atoms with Gasteiger partial charge in [-0.15, -0.1) is 0 Å². The second-order valence-corrected chi connectivity index (χ2v) is 5.56. The first-order chi connectivity index (χ1) is 6.29. The Labute approximate surface area is 86.9 Å². The summed E-state index contributed by atoms with van der Waals surface area (Å²) in [5, 5.41) is 3.34. The van der Waals surface area contributed by atoms with E-state index in [1.165, 1.54) is 0 Å². The molecule has 84 valence electrons. The highest BCUT2D eigenvalue weighted by molar-refractivity contribution is 4.93. The largest absolute Gasteiger partial charge is 0.305 e. The Kier molecular flexibility index (Phi) is 3.53. The highest BCUT2D eigenvalue weighted by atomic mass is 19.1. The zero-order chi connectivity index (χ0) is 10.9. The van der Waals surface area contributed by atoms with Crippen LogP contribution >= 0.6 is 0 Å². The van der Waals surface area contributed by atoms with Crippen molar-refractivity contribution in [2.75, 3.05) is 13.1 Å². The molecular formula is C11H23FN2. The smallest absolute Gasteiger partial charge is 0.129 e. The second-order valence-electron chi connectivity index (χ2n) is 5.56. The molecule has 1 fully saturated rings. The first-order valence-corrected chi connectivity index (χ1v) is 5.45. The molecule has 1 aliphatic heterocycles. The zero-order valence-corrected chi connectivity index (χ0v) is 9.97. The molecule has 0 amide bonds. The molecule has 1 heterocycles. The number of hydrogen-bond acceptors (Lipinski definition) is 2. The van der Waals surface area contributed by atoms with Gasteiger partial charge >= 0.3 is 0 Å². The Morgan fingerprint density at radius 3 is 2.21 bits per heavy atom. The molecule has 0 saturated carbocycles. The van der Waals surface area contributed by atoms with Crippen LogP contribution in [0.4, 0.5) is 4.39 Å². The van der Waals surface area contributed by atoms with Crippen LogP contribution in [0.2, 0.25) is 0 Å². The van der Waals surface area contributed by atoms with Crippen molar-refractivity contribution in [2.24, 2.45) is 0 Å². The molecule has 0 spiro atoms. The highest BCUT2D eigenvalue weighted by Crippen LogP contribution is 2.18. The fourth-order valence-corrected chi connectivity index (χ4v) is 1.91. The minimum absolute atomic E-state index is 0.00198. The Morgan fingerprint density at radius 1 is 1.29 bits per heavy atom. The zero-order valence-electron chi connectivity index (χ0n) is 9.97. The molecule has 2 unspecified atom stereocenters. The van der Waals surface area contributed by atoms with Gasteiger partial charge in [0, 0.05) is 24.7 Å². The Balaban J connectivity index is 2.49. The van der Waals surface area contributed by atoms with Crippen molar-refractivity contribution >= 4 is 0 Å². The van der Waals surface area contributed by atoms with Crippen molar-refractivity contribution in [1.29, 1.82) is 0 Å². The SMILES string of the molecule is CC(C)N1CC(F)C(NC(C)(C)C)C1. The number of hydrogen-bond donors (Lipinski definition) is 1. The van der Waals surface area contributed by atoms with E-state index in [4.69, 9.17) is 0 Å². The standard InChI is InChI=1S/C11H23FN2/c1-8(2)14-6-9(12)10(7-14)13-11(3,4)5/h8-10,13H,6-7H2,1-5H3. The van der Waals surface area contributed by atoms with Gasteiger partial charge in [-0.05, 0) is 34.6 Å². The van der Waals surface area contributed by atoms with E-state index in [1.54, 1.807) is 0 Å². The van der Waals surface area contributed by atoms with Crippen molar-refractivity contribution in [3.63, 3.8) is 0 Å². The molecular weight excluding hydrogens is 179 g/mol. The summed E-state index contributed by atoms with van der Waals surface area (Å²) < 4.78 is 13.6. The quantitative estimate of drug-likeness (QED) is 0.734. The summed E-state index contributed by atoms with van der Waals surface area (Å²) in [7, 11) is 0. The summed E-state index contributed by atoms with van der Waals surface area (Å²) in [5.41, 5.74) is 0.00198. The van der Waals surface area contributed by atoms with Crippen LogP contribution in [-0.2, 0) is 0 Å². The predicted molar refractivity (Wildman–Crippen MR) is 58.3 cm³/mol. The molecule has 2 atom stereocenters. The Bertz CT molecular complexity index is 186. The number of nitrogens with one attached hydrogen (secondary N) is 1. The fraction of sp³-hybridized carbons (Fsp3) is 1.00. The lowest BCUT2D eigenvalue weighted by atomic mass is 10.1. The van der Waals surface area contributed by atoms with Crippen LogP contribution in [0.3, 0.4) is 0 Å². The average molecular weight is 202 g/mol.